The Balaban J connectivity index is 1.56. The van der Waals surface area contributed by atoms with Crippen LogP contribution in [0.1, 0.15) is 88.7 Å². The Bertz CT molecular complexity index is 910. The molecule has 0 aliphatic carbocycles. The number of piperidine rings is 1. The molecule has 0 spiro atoms. The van der Waals surface area contributed by atoms with Crippen LogP contribution in [0.15, 0.2) is 0 Å². The fraction of sp³-hybridized carbons (Fsp3) is 0.619. The van der Waals surface area contributed by atoms with Gasteiger partial charge in [-0.15, -0.1) is 10.2 Å². The second-order valence-electron chi connectivity index (χ2n) is 8.21. The standard InChI is InChI=1S/C21H29N5O2/c1-13-18(15(3)27)14(2)22-19(13)21(28)25-10-7-8-16(12-25)20-24-23-17-9-5-4-6-11-26(17)20/h16,22H,4-12H2,1-3H3/t16-/m1/s1. The number of likely N-dealkylation sites (tertiary alicyclic amines) is 1. The normalized spacial score (nSPS) is 20.0. The summed E-state index contributed by atoms with van der Waals surface area (Å²) in [7, 11) is 0. The van der Waals surface area contributed by atoms with Gasteiger partial charge in [0.2, 0.25) is 0 Å². The van der Waals surface area contributed by atoms with Crippen molar-refractivity contribution in [2.24, 2.45) is 0 Å². The molecule has 7 heteroatoms. The number of carbonyl (C=O) groups excluding carboxylic acids is 2. The summed E-state index contributed by atoms with van der Waals surface area (Å²) in [6, 6.07) is 0. The van der Waals surface area contributed by atoms with Gasteiger partial charge >= 0.3 is 0 Å². The van der Waals surface area contributed by atoms with Crippen molar-refractivity contribution in [2.45, 2.75) is 71.8 Å². The third kappa shape index (κ3) is 3.27. The molecule has 0 radical (unpaired) electrons. The highest BCUT2D eigenvalue weighted by atomic mass is 16.2. The van der Waals surface area contributed by atoms with E-state index in [1.165, 1.54) is 19.3 Å². The largest absolute Gasteiger partial charge is 0.354 e. The topological polar surface area (TPSA) is 83.9 Å². The Morgan fingerprint density at radius 2 is 1.89 bits per heavy atom. The van der Waals surface area contributed by atoms with E-state index < -0.39 is 0 Å². The first-order valence-corrected chi connectivity index (χ1v) is 10.4. The van der Waals surface area contributed by atoms with E-state index in [4.69, 9.17) is 0 Å². The van der Waals surface area contributed by atoms with Gasteiger partial charge in [-0.2, -0.15) is 0 Å². The van der Waals surface area contributed by atoms with Crippen molar-refractivity contribution < 1.29 is 9.59 Å². The Labute approximate surface area is 165 Å². The summed E-state index contributed by atoms with van der Waals surface area (Å²) in [5.74, 6) is 2.33. The van der Waals surface area contributed by atoms with Crippen molar-refractivity contribution >= 4 is 11.7 Å². The lowest BCUT2D eigenvalue weighted by molar-refractivity contribution is 0.0697. The Kier molecular flexibility index (Phi) is 5.08. The van der Waals surface area contributed by atoms with Gasteiger partial charge in [0, 0.05) is 43.2 Å². The highest BCUT2D eigenvalue weighted by Crippen LogP contribution is 2.29. The molecule has 2 aliphatic rings. The molecule has 1 fully saturated rings. The van der Waals surface area contributed by atoms with E-state index in [2.05, 4.69) is 19.7 Å². The minimum absolute atomic E-state index is 0.00651. The van der Waals surface area contributed by atoms with Gasteiger partial charge in [-0.05, 0) is 52.0 Å². The van der Waals surface area contributed by atoms with Gasteiger partial charge < -0.3 is 14.5 Å². The van der Waals surface area contributed by atoms with Crippen molar-refractivity contribution in [3.05, 3.63) is 34.2 Å². The zero-order valence-corrected chi connectivity index (χ0v) is 17.0. The number of amides is 1. The predicted molar refractivity (Wildman–Crippen MR) is 106 cm³/mol. The van der Waals surface area contributed by atoms with Crippen LogP contribution in [-0.2, 0) is 13.0 Å². The van der Waals surface area contributed by atoms with E-state index in [-0.39, 0.29) is 17.6 Å². The lowest BCUT2D eigenvalue weighted by atomic mass is 9.96. The third-order valence-corrected chi connectivity index (χ3v) is 6.22. The number of H-pyrrole nitrogens is 1. The minimum atomic E-state index is -0.0200. The van der Waals surface area contributed by atoms with Crippen molar-refractivity contribution in [3.8, 4) is 0 Å². The van der Waals surface area contributed by atoms with Crippen LogP contribution in [-0.4, -0.2) is 49.4 Å². The lowest BCUT2D eigenvalue weighted by Gasteiger charge is -2.32. The second-order valence-corrected chi connectivity index (χ2v) is 8.21. The SMILES string of the molecule is CC(=O)c1c(C)[nH]c(C(=O)N2CCC[C@@H](c3nnc4n3CCCCC4)C2)c1C. The number of fused-ring (bicyclic) bond motifs is 1. The van der Waals surface area contributed by atoms with Crippen LogP contribution in [0.3, 0.4) is 0 Å². The Morgan fingerprint density at radius 3 is 2.64 bits per heavy atom. The summed E-state index contributed by atoms with van der Waals surface area (Å²) in [5.41, 5.74) is 2.71. The smallest absolute Gasteiger partial charge is 0.270 e. The average molecular weight is 383 g/mol. The highest BCUT2D eigenvalue weighted by Gasteiger charge is 2.31. The number of rotatable bonds is 3. The molecule has 4 rings (SSSR count). The summed E-state index contributed by atoms with van der Waals surface area (Å²) in [6.07, 6.45) is 6.57. The van der Waals surface area contributed by atoms with Crippen LogP contribution in [0.4, 0.5) is 0 Å². The number of hydrogen-bond acceptors (Lipinski definition) is 4. The van der Waals surface area contributed by atoms with Crippen molar-refractivity contribution in [3.63, 3.8) is 0 Å². The first kappa shape index (κ1) is 18.9. The molecule has 1 amide bonds. The molecular formula is C21H29N5O2. The fourth-order valence-corrected chi connectivity index (χ4v) is 4.83. The maximum Gasteiger partial charge on any atom is 0.270 e. The number of ketones is 1. The van der Waals surface area contributed by atoms with Crippen LogP contribution in [0.25, 0.3) is 0 Å². The minimum Gasteiger partial charge on any atom is -0.354 e. The number of aromatic nitrogens is 4. The molecule has 150 valence electrons. The number of nitrogens with one attached hydrogen (secondary N) is 1. The van der Waals surface area contributed by atoms with E-state index >= 15 is 0 Å². The maximum atomic E-state index is 13.2. The molecule has 2 aromatic heterocycles. The Morgan fingerprint density at radius 1 is 1.07 bits per heavy atom. The number of hydrogen-bond donors (Lipinski definition) is 1. The second kappa shape index (κ2) is 7.53. The molecule has 0 saturated carbocycles. The summed E-state index contributed by atoms with van der Waals surface area (Å²) in [5, 5.41) is 8.95. The molecule has 0 aromatic carbocycles. The molecule has 1 saturated heterocycles. The van der Waals surface area contributed by atoms with Gasteiger partial charge in [0.15, 0.2) is 5.78 Å². The molecule has 1 atom stereocenters. The van der Waals surface area contributed by atoms with Crippen molar-refractivity contribution in [1.82, 2.24) is 24.6 Å². The summed E-state index contributed by atoms with van der Waals surface area (Å²) in [4.78, 5) is 30.2. The first-order chi connectivity index (χ1) is 13.5. The quantitative estimate of drug-likeness (QED) is 0.825. The number of nitrogens with zero attached hydrogens (tertiary/aromatic N) is 4. The van der Waals surface area contributed by atoms with E-state index in [0.717, 1.165) is 55.3 Å². The molecule has 7 nitrogen and oxygen atoms in total. The zero-order chi connectivity index (χ0) is 19.8. The molecule has 28 heavy (non-hydrogen) atoms. The van der Waals surface area contributed by atoms with Gasteiger partial charge in [-0.1, -0.05) is 6.42 Å². The van der Waals surface area contributed by atoms with Crippen LogP contribution in [0.2, 0.25) is 0 Å². The van der Waals surface area contributed by atoms with Crippen LogP contribution >= 0.6 is 0 Å². The molecule has 2 aliphatic heterocycles. The first-order valence-electron chi connectivity index (χ1n) is 10.4. The molecule has 2 aromatic rings. The van der Waals surface area contributed by atoms with Crippen LogP contribution in [0.5, 0.6) is 0 Å². The van der Waals surface area contributed by atoms with Gasteiger partial charge in [0.1, 0.15) is 17.3 Å². The van der Waals surface area contributed by atoms with Crippen molar-refractivity contribution in [1.29, 1.82) is 0 Å². The van der Waals surface area contributed by atoms with Gasteiger partial charge in [0.25, 0.3) is 5.91 Å². The van der Waals surface area contributed by atoms with Gasteiger partial charge in [-0.3, -0.25) is 9.59 Å². The fourth-order valence-electron chi connectivity index (χ4n) is 4.83. The van der Waals surface area contributed by atoms with Crippen LogP contribution in [0, 0.1) is 13.8 Å². The van der Waals surface area contributed by atoms with Gasteiger partial charge in [0.05, 0.1) is 0 Å². The van der Waals surface area contributed by atoms with E-state index in [1.807, 2.05) is 18.7 Å². The number of aromatic amines is 1. The van der Waals surface area contributed by atoms with E-state index in [9.17, 15) is 9.59 Å². The number of Topliss-reactive ketones (excluding diaryl/α,β-unsaturated/α-hetero) is 1. The Hall–Kier alpha value is -2.44. The summed E-state index contributed by atoms with van der Waals surface area (Å²) in [6.45, 7) is 7.63. The molecule has 4 heterocycles. The monoisotopic (exact) mass is 383 g/mol. The van der Waals surface area contributed by atoms with Gasteiger partial charge in [-0.25, -0.2) is 0 Å². The predicted octanol–water partition coefficient (Wildman–Crippen LogP) is 3.17. The zero-order valence-electron chi connectivity index (χ0n) is 17.0. The molecular weight excluding hydrogens is 354 g/mol. The summed E-state index contributed by atoms with van der Waals surface area (Å²) >= 11 is 0. The third-order valence-electron chi connectivity index (χ3n) is 6.22. The van der Waals surface area contributed by atoms with Crippen molar-refractivity contribution in [2.75, 3.05) is 13.1 Å². The van der Waals surface area contributed by atoms with E-state index in [0.29, 0.717) is 17.8 Å². The molecule has 1 N–H and O–H groups in total. The lowest BCUT2D eigenvalue weighted by Crippen LogP contribution is -2.40. The highest BCUT2D eigenvalue weighted by molar-refractivity contribution is 6.02. The molecule has 0 unspecified atom stereocenters. The number of carbonyl (C=O) groups is 2. The van der Waals surface area contributed by atoms with E-state index in [1.54, 1.807) is 6.92 Å². The van der Waals surface area contributed by atoms with Crippen LogP contribution < -0.4 is 0 Å². The molecule has 0 bridgehead atoms. The number of aryl methyl sites for hydroxylation is 2. The average Bonchev–Trinajstić information content (AvgIpc) is 3.12. The maximum absolute atomic E-state index is 13.2. The summed E-state index contributed by atoms with van der Waals surface area (Å²) < 4.78 is 2.30.